The molecule has 110 valence electrons. The lowest BCUT2D eigenvalue weighted by Gasteiger charge is -2.15. The first kappa shape index (κ1) is 15.1. The molecule has 5 nitrogen and oxygen atoms in total. The molecule has 0 bridgehead atoms. The van der Waals surface area contributed by atoms with E-state index in [1.807, 2.05) is 47.8 Å². The van der Waals surface area contributed by atoms with Crippen LogP contribution in [0.2, 0.25) is 0 Å². The van der Waals surface area contributed by atoms with Crippen LogP contribution in [0.4, 0.5) is 0 Å². The van der Waals surface area contributed by atoms with E-state index >= 15 is 0 Å². The minimum Gasteiger partial charge on any atom is -0.409 e. The Morgan fingerprint density at radius 3 is 2.67 bits per heavy atom. The molecule has 0 aliphatic rings. The smallest absolute Gasteiger partial charge is 0.231 e. The zero-order chi connectivity index (χ0) is 15.1. The van der Waals surface area contributed by atoms with Crippen LogP contribution in [0.3, 0.4) is 0 Å². The molecule has 0 aliphatic heterocycles. The maximum Gasteiger partial charge on any atom is 0.231 e. The van der Waals surface area contributed by atoms with Crippen LogP contribution < -0.4 is 11.1 Å². The van der Waals surface area contributed by atoms with Gasteiger partial charge >= 0.3 is 0 Å². The van der Waals surface area contributed by atoms with Crippen molar-refractivity contribution in [2.75, 3.05) is 0 Å². The van der Waals surface area contributed by atoms with Gasteiger partial charge in [-0.25, -0.2) is 0 Å². The summed E-state index contributed by atoms with van der Waals surface area (Å²) in [4.78, 5) is 13.3. The average molecular weight is 303 g/mol. The Bertz CT molecular complexity index is 597. The number of nitrogens with two attached hydrogens (primary N) is 1. The monoisotopic (exact) mass is 303 g/mol. The topological polar surface area (TPSA) is 87.7 Å². The van der Waals surface area contributed by atoms with Crippen LogP contribution in [-0.4, -0.2) is 17.0 Å². The summed E-state index contributed by atoms with van der Waals surface area (Å²) in [6.07, 6.45) is 0.396. The normalized spacial score (nSPS) is 12.9. The van der Waals surface area contributed by atoms with Crippen LogP contribution in [0.5, 0.6) is 0 Å². The van der Waals surface area contributed by atoms with E-state index in [-0.39, 0.29) is 11.7 Å². The number of benzene rings is 1. The summed E-state index contributed by atoms with van der Waals surface area (Å²) in [6.45, 7) is 0.445. The first-order valence-electron chi connectivity index (χ1n) is 6.52. The molecule has 1 aromatic carbocycles. The van der Waals surface area contributed by atoms with E-state index in [1.54, 1.807) is 11.3 Å². The quantitative estimate of drug-likeness (QED) is 0.330. The SMILES string of the molecule is NC(=NO)C(Cc1ccccc1)C(=O)NCc1cccs1. The number of carbonyl (C=O) groups excluding carboxylic acids is 1. The molecule has 2 aromatic rings. The number of nitrogens with zero attached hydrogens (tertiary/aromatic N) is 1. The Hall–Kier alpha value is -2.34. The lowest BCUT2D eigenvalue weighted by Crippen LogP contribution is -2.39. The number of amidine groups is 1. The van der Waals surface area contributed by atoms with E-state index in [0.29, 0.717) is 13.0 Å². The van der Waals surface area contributed by atoms with Crippen molar-refractivity contribution in [1.82, 2.24) is 5.32 Å². The molecule has 1 unspecified atom stereocenters. The lowest BCUT2D eigenvalue weighted by atomic mass is 9.97. The van der Waals surface area contributed by atoms with Gasteiger partial charge in [0.15, 0.2) is 5.84 Å². The second-order valence-electron chi connectivity index (χ2n) is 4.56. The van der Waals surface area contributed by atoms with E-state index in [9.17, 15) is 4.79 Å². The summed E-state index contributed by atoms with van der Waals surface area (Å²) in [5.41, 5.74) is 6.62. The minimum atomic E-state index is -0.683. The zero-order valence-corrected chi connectivity index (χ0v) is 12.2. The number of nitrogens with one attached hydrogen (secondary N) is 1. The maximum absolute atomic E-state index is 12.3. The first-order chi connectivity index (χ1) is 10.2. The summed E-state index contributed by atoms with van der Waals surface area (Å²) in [7, 11) is 0. The van der Waals surface area contributed by atoms with Gasteiger partial charge in [0, 0.05) is 4.88 Å². The van der Waals surface area contributed by atoms with E-state index < -0.39 is 5.92 Å². The number of thiophene rings is 1. The highest BCUT2D eigenvalue weighted by atomic mass is 32.1. The van der Waals surface area contributed by atoms with Crippen molar-refractivity contribution in [3.8, 4) is 0 Å². The average Bonchev–Trinajstić information content (AvgIpc) is 3.04. The lowest BCUT2D eigenvalue weighted by molar-refractivity contribution is -0.123. The van der Waals surface area contributed by atoms with Gasteiger partial charge in [-0.05, 0) is 23.4 Å². The molecule has 1 aromatic heterocycles. The predicted molar refractivity (Wildman–Crippen MR) is 83.2 cm³/mol. The third-order valence-corrected chi connectivity index (χ3v) is 3.96. The van der Waals surface area contributed by atoms with Gasteiger partial charge in [0.05, 0.1) is 6.54 Å². The van der Waals surface area contributed by atoms with Gasteiger partial charge in [-0.2, -0.15) is 0 Å². The Morgan fingerprint density at radius 1 is 1.29 bits per heavy atom. The Morgan fingerprint density at radius 2 is 2.05 bits per heavy atom. The molecule has 1 amide bonds. The van der Waals surface area contributed by atoms with Crippen molar-refractivity contribution in [3.63, 3.8) is 0 Å². The van der Waals surface area contributed by atoms with Crippen LogP contribution in [-0.2, 0) is 17.8 Å². The van der Waals surface area contributed by atoms with Crippen LogP contribution in [0.1, 0.15) is 10.4 Å². The molecule has 1 atom stereocenters. The highest BCUT2D eigenvalue weighted by Crippen LogP contribution is 2.11. The highest BCUT2D eigenvalue weighted by Gasteiger charge is 2.23. The number of hydrogen-bond donors (Lipinski definition) is 3. The van der Waals surface area contributed by atoms with Crippen molar-refractivity contribution in [2.45, 2.75) is 13.0 Å². The van der Waals surface area contributed by atoms with E-state index in [0.717, 1.165) is 10.4 Å². The molecule has 4 N–H and O–H groups in total. The fraction of sp³-hybridized carbons (Fsp3) is 0.200. The van der Waals surface area contributed by atoms with Gasteiger partial charge in [-0.3, -0.25) is 4.79 Å². The molecule has 1 heterocycles. The third-order valence-electron chi connectivity index (χ3n) is 3.09. The molecule has 2 rings (SSSR count). The van der Waals surface area contributed by atoms with Crippen molar-refractivity contribution in [3.05, 3.63) is 58.3 Å². The highest BCUT2D eigenvalue weighted by molar-refractivity contribution is 7.09. The van der Waals surface area contributed by atoms with Gasteiger partial charge in [0.1, 0.15) is 5.92 Å². The third kappa shape index (κ3) is 4.32. The molecule has 0 spiro atoms. The number of carbonyl (C=O) groups is 1. The van der Waals surface area contributed by atoms with Crippen molar-refractivity contribution >= 4 is 23.1 Å². The Kier molecular flexibility index (Phi) is 5.34. The van der Waals surface area contributed by atoms with Crippen molar-refractivity contribution in [1.29, 1.82) is 0 Å². The fourth-order valence-corrected chi connectivity index (χ4v) is 2.61. The molecule has 0 aliphatic carbocycles. The van der Waals surface area contributed by atoms with Gasteiger partial charge < -0.3 is 16.3 Å². The predicted octanol–water partition coefficient (Wildman–Crippen LogP) is 1.97. The zero-order valence-electron chi connectivity index (χ0n) is 11.4. The second kappa shape index (κ2) is 7.44. The molecule has 21 heavy (non-hydrogen) atoms. The largest absolute Gasteiger partial charge is 0.409 e. The van der Waals surface area contributed by atoms with Gasteiger partial charge in [0.25, 0.3) is 0 Å². The molecule has 0 saturated carbocycles. The fourth-order valence-electron chi connectivity index (χ4n) is 1.96. The standard InChI is InChI=1S/C15H17N3O2S/c16-14(18-20)13(9-11-5-2-1-3-6-11)15(19)17-10-12-7-4-8-21-12/h1-8,13,20H,9-10H2,(H2,16,18)(H,17,19). The van der Waals surface area contributed by atoms with Crippen LogP contribution >= 0.6 is 11.3 Å². The van der Waals surface area contributed by atoms with Gasteiger partial charge in [0.2, 0.25) is 5.91 Å². The molecule has 6 heteroatoms. The Labute approximate surface area is 127 Å². The van der Waals surface area contributed by atoms with Crippen LogP contribution in [0, 0.1) is 5.92 Å². The second-order valence-corrected chi connectivity index (χ2v) is 5.60. The number of oxime groups is 1. The Balaban J connectivity index is 2.03. The molecule has 0 fully saturated rings. The first-order valence-corrected chi connectivity index (χ1v) is 7.40. The molecule has 0 saturated heterocycles. The minimum absolute atomic E-state index is 0.0810. The number of hydrogen-bond acceptors (Lipinski definition) is 4. The van der Waals surface area contributed by atoms with Crippen LogP contribution in [0.15, 0.2) is 53.0 Å². The van der Waals surface area contributed by atoms with Gasteiger partial charge in [-0.15, -0.1) is 11.3 Å². The summed E-state index contributed by atoms with van der Waals surface area (Å²) < 4.78 is 0. The van der Waals surface area contributed by atoms with E-state index in [1.165, 1.54) is 0 Å². The number of amides is 1. The number of rotatable bonds is 6. The van der Waals surface area contributed by atoms with Gasteiger partial charge in [-0.1, -0.05) is 41.6 Å². The van der Waals surface area contributed by atoms with Crippen molar-refractivity contribution < 1.29 is 10.0 Å². The van der Waals surface area contributed by atoms with Crippen molar-refractivity contribution in [2.24, 2.45) is 16.8 Å². The van der Waals surface area contributed by atoms with E-state index in [4.69, 9.17) is 10.9 Å². The van der Waals surface area contributed by atoms with E-state index in [2.05, 4.69) is 10.5 Å². The molecular formula is C15H17N3O2S. The van der Waals surface area contributed by atoms with Crippen LogP contribution in [0.25, 0.3) is 0 Å². The summed E-state index contributed by atoms with van der Waals surface area (Å²) in [6, 6.07) is 13.4. The molecular weight excluding hydrogens is 286 g/mol. The maximum atomic E-state index is 12.3. The molecule has 0 radical (unpaired) electrons. The summed E-state index contributed by atoms with van der Waals surface area (Å²) >= 11 is 1.57. The summed E-state index contributed by atoms with van der Waals surface area (Å²) in [5, 5.41) is 16.6. The summed E-state index contributed by atoms with van der Waals surface area (Å²) in [5.74, 6) is -1.01.